The van der Waals surface area contributed by atoms with Crippen LogP contribution in [0.25, 0.3) is 0 Å². The van der Waals surface area contributed by atoms with Gasteiger partial charge in [-0.1, -0.05) is 51.0 Å². The van der Waals surface area contributed by atoms with Crippen LogP contribution in [0.5, 0.6) is 0 Å². The summed E-state index contributed by atoms with van der Waals surface area (Å²) in [5.41, 5.74) is -0.357. The summed E-state index contributed by atoms with van der Waals surface area (Å²) in [6.07, 6.45) is 1.86. The van der Waals surface area contributed by atoms with E-state index < -0.39 is 35.4 Å². The van der Waals surface area contributed by atoms with Crippen LogP contribution in [0, 0.1) is 40.4 Å². The summed E-state index contributed by atoms with van der Waals surface area (Å²) < 4.78 is 7.40. The first-order valence-electron chi connectivity index (χ1n) is 13.8. The lowest BCUT2D eigenvalue weighted by atomic mass is 9.42. The third-order valence-corrected chi connectivity index (χ3v) is 12.4. The topological polar surface area (TPSA) is 111 Å². The molecule has 8 heteroatoms. The number of carbonyl (C=O) groups excluding carboxylic acids is 1. The molecule has 5 aliphatic rings. The Labute approximate surface area is 223 Å². The SMILES string of the molecule is CC1CCC2C(C)(C)C(=NO)C(Sc3ccccc3)CC23OC2C(CC13C)C(O)CC1C(=O)NC(O)C12. The zero-order chi connectivity index (χ0) is 26.3. The number of benzene rings is 1. The lowest BCUT2D eigenvalue weighted by molar-refractivity contribution is -0.323. The van der Waals surface area contributed by atoms with Crippen LogP contribution in [0.2, 0.25) is 0 Å². The molecule has 37 heavy (non-hydrogen) atoms. The van der Waals surface area contributed by atoms with Crippen molar-refractivity contribution in [1.82, 2.24) is 5.32 Å². The molecule has 11 unspecified atom stereocenters. The van der Waals surface area contributed by atoms with E-state index in [0.717, 1.165) is 29.9 Å². The van der Waals surface area contributed by atoms with Crippen LogP contribution in [0.15, 0.2) is 40.4 Å². The lowest BCUT2D eigenvalue weighted by Gasteiger charge is -2.70. The van der Waals surface area contributed by atoms with E-state index in [1.54, 1.807) is 11.8 Å². The van der Waals surface area contributed by atoms with Gasteiger partial charge in [-0.2, -0.15) is 0 Å². The fraction of sp³-hybridized carbons (Fsp3) is 0.724. The Morgan fingerprint density at radius 1 is 1.11 bits per heavy atom. The number of ether oxygens (including phenoxy) is 1. The number of hydrogen-bond acceptors (Lipinski definition) is 7. The minimum Gasteiger partial charge on any atom is -0.411 e. The molecule has 1 aromatic carbocycles. The monoisotopic (exact) mass is 528 g/mol. The molecule has 2 aliphatic heterocycles. The largest absolute Gasteiger partial charge is 0.411 e. The van der Waals surface area contributed by atoms with E-state index in [-0.39, 0.29) is 34.3 Å². The van der Waals surface area contributed by atoms with Gasteiger partial charge in [0.05, 0.1) is 34.7 Å². The number of nitrogens with zero attached hydrogens (tertiary/aromatic N) is 1. The second kappa shape index (κ2) is 8.70. The van der Waals surface area contributed by atoms with E-state index in [1.807, 2.05) is 18.2 Å². The maximum atomic E-state index is 12.7. The molecule has 2 heterocycles. The Morgan fingerprint density at radius 2 is 1.84 bits per heavy atom. The first-order chi connectivity index (χ1) is 17.5. The summed E-state index contributed by atoms with van der Waals surface area (Å²) in [5, 5.41) is 39.0. The quantitative estimate of drug-likeness (QED) is 0.341. The van der Waals surface area contributed by atoms with Crippen LogP contribution < -0.4 is 5.32 Å². The van der Waals surface area contributed by atoms with E-state index >= 15 is 0 Å². The molecule has 3 saturated carbocycles. The average Bonchev–Trinajstić information content (AvgIpc) is 3.12. The van der Waals surface area contributed by atoms with Gasteiger partial charge in [-0.15, -0.1) is 11.8 Å². The minimum atomic E-state index is -0.960. The number of oxime groups is 1. The second-order valence-electron chi connectivity index (χ2n) is 13.1. The van der Waals surface area contributed by atoms with E-state index in [9.17, 15) is 20.2 Å². The summed E-state index contributed by atoms with van der Waals surface area (Å²) in [5.74, 6) is -0.624. The predicted octanol–water partition coefficient (Wildman–Crippen LogP) is 4.05. The Kier molecular flexibility index (Phi) is 6.03. The van der Waals surface area contributed by atoms with Crippen molar-refractivity contribution in [3.05, 3.63) is 30.3 Å². The Bertz CT molecular complexity index is 1100. The summed E-state index contributed by atoms with van der Waals surface area (Å²) in [6.45, 7) is 9.03. The highest BCUT2D eigenvalue weighted by molar-refractivity contribution is 8.00. The molecule has 7 nitrogen and oxygen atoms in total. The van der Waals surface area contributed by atoms with Gasteiger partial charge >= 0.3 is 0 Å². The van der Waals surface area contributed by atoms with Crippen molar-refractivity contribution in [3.63, 3.8) is 0 Å². The van der Waals surface area contributed by atoms with Gasteiger partial charge in [0.25, 0.3) is 0 Å². The van der Waals surface area contributed by atoms with Gasteiger partial charge in [-0.3, -0.25) is 4.79 Å². The van der Waals surface area contributed by atoms with Crippen molar-refractivity contribution in [2.75, 3.05) is 0 Å². The van der Waals surface area contributed by atoms with E-state index in [4.69, 9.17) is 4.74 Å². The fourth-order valence-electron chi connectivity index (χ4n) is 9.17. The number of aliphatic hydroxyl groups excluding tert-OH is 2. The third-order valence-electron chi connectivity index (χ3n) is 11.2. The highest BCUT2D eigenvalue weighted by atomic mass is 32.2. The molecule has 3 aliphatic carbocycles. The number of aliphatic hydroxyl groups is 2. The van der Waals surface area contributed by atoms with Gasteiger partial charge in [0.1, 0.15) is 6.23 Å². The van der Waals surface area contributed by atoms with E-state index in [1.165, 1.54) is 0 Å². The van der Waals surface area contributed by atoms with Crippen molar-refractivity contribution in [1.29, 1.82) is 0 Å². The molecule has 11 atom stereocenters. The van der Waals surface area contributed by atoms with Crippen LogP contribution in [0.1, 0.15) is 59.8 Å². The smallest absolute Gasteiger partial charge is 0.225 e. The summed E-state index contributed by atoms with van der Waals surface area (Å²) in [6, 6.07) is 10.2. The predicted molar refractivity (Wildman–Crippen MR) is 141 cm³/mol. The van der Waals surface area contributed by atoms with E-state index in [2.05, 4.69) is 50.3 Å². The molecule has 1 aromatic rings. The fourth-order valence-corrected chi connectivity index (χ4v) is 10.6. The number of amides is 1. The highest BCUT2D eigenvalue weighted by Gasteiger charge is 2.72. The number of hydrogen-bond donors (Lipinski definition) is 4. The average molecular weight is 529 g/mol. The Balaban J connectivity index is 1.47. The Hall–Kier alpha value is -1.61. The molecule has 1 amide bonds. The van der Waals surface area contributed by atoms with Crippen LogP contribution in [-0.4, -0.2) is 56.3 Å². The van der Waals surface area contributed by atoms with Gasteiger partial charge in [0.2, 0.25) is 5.91 Å². The molecule has 0 bridgehead atoms. The Morgan fingerprint density at radius 3 is 2.54 bits per heavy atom. The van der Waals surface area contributed by atoms with Crippen LogP contribution >= 0.6 is 11.8 Å². The van der Waals surface area contributed by atoms with Gasteiger partial charge in [-0.05, 0) is 61.5 Å². The normalized spacial score (nSPS) is 49.4. The molecule has 5 fully saturated rings. The lowest BCUT2D eigenvalue weighted by Crippen LogP contribution is -2.74. The number of carbonyl (C=O) groups is 1. The minimum absolute atomic E-state index is 0.0857. The van der Waals surface area contributed by atoms with Crippen LogP contribution in [0.4, 0.5) is 0 Å². The summed E-state index contributed by atoms with van der Waals surface area (Å²) >= 11 is 1.72. The summed E-state index contributed by atoms with van der Waals surface area (Å²) in [7, 11) is 0. The van der Waals surface area contributed by atoms with Gasteiger partial charge in [0, 0.05) is 22.1 Å². The zero-order valence-electron chi connectivity index (χ0n) is 22.1. The standard InChI is InChI=1S/C29H40N2O5S/c1-15-10-11-21-27(2,3)24(31-35)20(37-16-8-6-5-7-9-16)14-29(21)28(15,4)13-18-19(32)12-17-22(23(18)36-29)26(34)30-25(17)33/h5-9,15,17-23,26,32,34-35H,10-14H2,1-4H3,(H,30,33). The maximum Gasteiger partial charge on any atom is 0.225 e. The molecular weight excluding hydrogens is 488 g/mol. The number of fused-ring (bicyclic) bond motifs is 3. The molecule has 2 saturated heterocycles. The maximum absolute atomic E-state index is 12.7. The molecule has 1 spiro atoms. The van der Waals surface area contributed by atoms with Crippen molar-refractivity contribution < 1.29 is 25.0 Å². The number of thioether (sulfide) groups is 1. The van der Waals surface area contributed by atoms with Crippen molar-refractivity contribution in [3.8, 4) is 0 Å². The van der Waals surface area contributed by atoms with Gasteiger partial charge < -0.3 is 25.5 Å². The second-order valence-corrected chi connectivity index (χ2v) is 14.3. The number of nitrogens with one attached hydrogen (secondary N) is 1. The molecule has 202 valence electrons. The third kappa shape index (κ3) is 3.51. The van der Waals surface area contributed by atoms with E-state index in [0.29, 0.717) is 18.8 Å². The van der Waals surface area contributed by atoms with Gasteiger partial charge in [-0.25, -0.2) is 0 Å². The highest BCUT2D eigenvalue weighted by Crippen LogP contribution is 2.69. The van der Waals surface area contributed by atoms with Crippen molar-refractivity contribution >= 4 is 23.4 Å². The summed E-state index contributed by atoms with van der Waals surface area (Å²) in [4.78, 5) is 13.8. The van der Waals surface area contributed by atoms with Crippen LogP contribution in [-0.2, 0) is 9.53 Å². The molecule has 4 N–H and O–H groups in total. The van der Waals surface area contributed by atoms with Crippen LogP contribution in [0.3, 0.4) is 0 Å². The zero-order valence-corrected chi connectivity index (χ0v) is 22.9. The molecule has 0 radical (unpaired) electrons. The molecule has 0 aromatic heterocycles. The first-order valence-corrected chi connectivity index (χ1v) is 14.7. The van der Waals surface area contributed by atoms with Gasteiger partial charge in [0.15, 0.2) is 0 Å². The molecule has 6 rings (SSSR count). The first kappa shape index (κ1) is 25.7. The molecular formula is C29H40N2O5S. The van der Waals surface area contributed by atoms with Crippen molar-refractivity contribution in [2.24, 2.45) is 45.6 Å². The van der Waals surface area contributed by atoms with Crippen molar-refractivity contribution in [2.45, 2.75) is 94.0 Å². The number of rotatable bonds is 2.